The number of terminal acetylenes is 1. The second-order valence-corrected chi connectivity index (χ2v) is 3.63. The first-order valence-electron chi connectivity index (χ1n) is 4.26. The van der Waals surface area contributed by atoms with Gasteiger partial charge in [-0.15, -0.1) is 12.3 Å². The minimum absolute atomic E-state index is 0.110. The van der Waals surface area contributed by atoms with Crippen molar-refractivity contribution in [3.63, 3.8) is 0 Å². The van der Waals surface area contributed by atoms with Gasteiger partial charge in [0.25, 0.3) is 0 Å². The van der Waals surface area contributed by atoms with Crippen LogP contribution in [0.5, 0.6) is 0 Å². The van der Waals surface area contributed by atoms with Crippen molar-refractivity contribution >= 4 is 5.78 Å². The van der Waals surface area contributed by atoms with E-state index in [-0.39, 0.29) is 5.78 Å². The van der Waals surface area contributed by atoms with E-state index in [0.717, 1.165) is 6.42 Å². The van der Waals surface area contributed by atoms with Crippen molar-refractivity contribution in [3.8, 4) is 12.3 Å². The van der Waals surface area contributed by atoms with Gasteiger partial charge in [-0.2, -0.15) is 0 Å². The fraction of sp³-hybridized carbons (Fsp3) is 0.700. The molecule has 1 fully saturated rings. The van der Waals surface area contributed by atoms with Gasteiger partial charge in [-0.1, -0.05) is 0 Å². The van der Waals surface area contributed by atoms with Crippen LogP contribution in [-0.2, 0) is 4.79 Å². The zero-order chi connectivity index (χ0) is 9.19. The number of aliphatic hydroxyl groups excluding tert-OH is 1. The molecule has 0 aromatic heterocycles. The van der Waals surface area contributed by atoms with E-state index < -0.39 is 11.5 Å². The summed E-state index contributed by atoms with van der Waals surface area (Å²) in [5.41, 5.74) is -0.674. The molecule has 0 aromatic carbocycles. The Balaban J connectivity index is 2.81. The van der Waals surface area contributed by atoms with E-state index in [1.54, 1.807) is 6.92 Å². The zero-order valence-electron chi connectivity index (χ0n) is 7.34. The van der Waals surface area contributed by atoms with Crippen LogP contribution in [0, 0.1) is 17.8 Å². The summed E-state index contributed by atoms with van der Waals surface area (Å²) in [4.78, 5) is 11.5. The van der Waals surface area contributed by atoms with Gasteiger partial charge in [0.05, 0.1) is 11.5 Å². The van der Waals surface area contributed by atoms with Gasteiger partial charge in [0.1, 0.15) is 5.78 Å². The van der Waals surface area contributed by atoms with Crippen LogP contribution in [0.15, 0.2) is 0 Å². The van der Waals surface area contributed by atoms with E-state index in [1.807, 2.05) is 0 Å². The molecule has 1 aliphatic carbocycles. The summed E-state index contributed by atoms with van der Waals surface area (Å²) in [7, 11) is 0. The summed E-state index contributed by atoms with van der Waals surface area (Å²) < 4.78 is 0. The van der Waals surface area contributed by atoms with E-state index in [2.05, 4.69) is 5.92 Å². The van der Waals surface area contributed by atoms with Gasteiger partial charge in [-0.25, -0.2) is 0 Å². The quantitative estimate of drug-likeness (QED) is 0.593. The number of rotatable bonds is 1. The highest BCUT2D eigenvalue weighted by Crippen LogP contribution is 2.35. The normalized spacial score (nSPS) is 36.1. The molecule has 1 rings (SSSR count). The van der Waals surface area contributed by atoms with Gasteiger partial charge in [0.15, 0.2) is 0 Å². The lowest BCUT2D eigenvalue weighted by molar-refractivity contribution is -0.138. The second-order valence-electron chi connectivity index (χ2n) is 3.63. The lowest BCUT2D eigenvalue weighted by Crippen LogP contribution is -2.42. The van der Waals surface area contributed by atoms with Gasteiger partial charge >= 0.3 is 0 Å². The van der Waals surface area contributed by atoms with Gasteiger partial charge in [-0.3, -0.25) is 4.79 Å². The standard InChI is InChI=1S/C10H14O2/c1-3-7-10(2)8(11)5-4-6-9(10)12/h1,8,11H,4-7H2,2H3/t8-,10-/m1/s1. The molecule has 0 radical (unpaired) electrons. The Bertz CT molecular complexity index is 226. The first-order valence-corrected chi connectivity index (χ1v) is 4.26. The monoisotopic (exact) mass is 166 g/mol. The van der Waals surface area contributed by atoms with Crippen molar-refractivity contribution in [3.05, 3.63) is 0 Å². The van der Waals surface area contributed by atoms with Crippen LogP contribution in [0.25, 0.3) is 0 Å². The van der Waals surface area contributed by atoms with Crippen molar-refractivity contribution in [2.45, 2.75) is 38.7 Å². The number of hydrogen-bond acceptors (Lipinski definition) is 2. The molecule has 0 saturated heterocycles. The highest BCUT2D eigenvalue weighted by atomic mass is 16.3. The molecule has 1 N–H and O–H groups in total. The third-order valence-electron chi connectivity index (χ3n) is 2.72. The Hall–Kier alpha value is -0.810. The van der Waals surface area contributed by atoms with Crippen molar-refractivity contribution in [2.24, 2.45) is 5.41 Å². The van der Waals surface area contributed by atoms with Crippen LogP contribution >= 0.6 is 0 Å². The lowest BCUT2D eigenvalue weighted by Gasteiger charge is -2.35. The molecule has 1 saturated carbocycles. The maximum atomic E-state index is 11.5. The molecule has 2 heteroatoms. The molecule has 66 valence electrons. The summed E-state index contributed by atoms with van der Waals surface area (Å²) >= 11 is 0. The Morgan fingerprint density at radius 1 is 1.83 bits per heavy atom. The highest BCUT2D eigenvalue weighted by molar-refractivity contribution is 5.86. The van der Waals surface area contributed by atoms with E-state index in [1.165, 1.54) is 0 Å². The first-order chi connectivity index (χ1) is 5.61. The maximum absolute atomic E-state index is 11.5. The summed E-state index contributed by atoms with van der Waals surface area (Å²) in [6, 6.07) is 0. The number of aliphatic hydroxyl groups is 1. The van der Waals surface area contributed by atoms with Crippen molar-refractivity contribution in [1.29, 1.82) is 0 Å². The average molecular weight is 166 g/mol. The Kier molecular flexibility index (Phi) is 2.54. The van der Waals surface area contributed by atoms with Crippen molar-refractivity contribution in [2.75, 3.05) is 0 Å². The highest BCUT2D eigenvalue weighted by Gasteiger charge is 2.41. The molecule has 2 atom stereocenters. The van der Waals surface area contributed by atoms with E-state index in [9.17, 15) is 9.90 Å². The van der Waals surface area contributed by atoms with Gasteiger partial charge in [-0.05, 0) is 19.8 Å². The fourth-order valence-electron chi connectivity index (χ4n) is 1.67. The smallest absolute Gasteiger partial charge is 0.142 e. The topological polar surface area (TPSA) is 37.3 Å². The second kappa shape index (κ2) is 3.28. The molecule has 1 aliphatic rings. The third-order valence-corrected chi connectivity index (χ3v) is 2.72. The van der Waals surface area contributed by atoms with Crippen molar-refractivity contribution in [1.82, 2.24) is 0 Å². The first kappa shape index (κ1) is 9.28. The van der Waals surface area contributed by atoms with Gasteiger partial charge in [0.2, 0.25) is 0 Å². The average Bonchev–Trinajstić information content (AvgIpc) is 2.02. The van der Waals surface area contributed by atoms with Crippen LogP contribution in [-0.4, -0.2) is 17.0 Å². The Morgan fingerprint density at radius 2 is 2.50 bits per heavy atom. The molecule has 0 aliphatic heterocycles. The summed E-state index contributed by atoms with van der Waals surface area (Å²) in [5, 5.41) is 9.61. The number of hydrogen-bond donors (Lipinski definition) is 1. The van der Waals surface area contributed by atoms with E-state index in [0.29, 0.717) is 19.3 Å². The summed E-state index contributed by atoms with van der Waals surface area (Å²) in [5.74, 6) is 2.57. The SMILES string of the molecule is C#CC[C@@]1(C)C(=O)CCC[C@H]1O. The maximum Gasteiger partial charge on any atom is 0.142 e. The van der Waals surface area contributed by atoms with Crippen LogP contribution in [0.4, 0.5) is 0 Å². The Morgan fingerprint density at radius 3 is 3.00 bits per heavy atom. The van der Waals surface area contributed by atoms with E-state index in [4.69, 9.17) is 6.42 Å². The van der Waals surface area contributed by atoms with E-state index >= 15 is 0 Å². The molecule has 12 heavy (non-hydrogen) atoms. The molecule has 0 heterocycles. The zero-order valence-corrected chi connectivity index (χ0v) is 7.34. The van der Waals surface area contributed by atoms with Crippen LogP contribution in [0.3, 0.4) is 0 Å². The molecular weight excluding hydrogens is 152 g/mol. The lowest BCUT2D eigenvalue weighted by atomic mass is 9.70. The van der Waals surface area contributed by atoms with Crippen LogP contribution in [0.2, 0.25) is 0 Å². The number of ketones is 1. The fourth-order valence-corrected chi connectivity index (χ4v) is 1.67. The predicted molar refractivity (Wildman–Crippen MR) is 46.4 cm³/mol. The molecule has 0 unspecified atom stereocenters. The molecule has 0 spiro atoms. The molecule has 0 aromatic rings. The minimum Gasteiger partial charge on any atom is -0.392 e. The molecule has 0 bridgehead atoms. The van der Waals surface area contributed by atoms with Gasteiger partial charge < -0.3 is 5.11 Å². The molecule has 2 nitrogen and oxygen atoms in total. The number of carbonyl (C=O) groups excluding carboxylic acids is 1. The summed E-state index contributed by atoms with van der Waals surface area (Å²) in [6.45, 7) is 1.76. The third kappa shape index (κ3) is 1.37. The number of Topliss-reactive ketones (excluding diaryl/α,β-unsaturated/α-hetero) is 1. The van der Waals surface area contributed by atoms with Crippen molar-refractivity contribution < 1.29 is 9.90 Å². The van der Waals surface area contributed by atoms with Gasteiger partial charge in [0, 0.05) is 12.8 Å². The van der Waals surface area contributed by atoms with Crippen LogP contribution in [0.1, 0.15) is 32.6 Å². The van der Waals surface area contributed by atoms with Crippen LogP contribution < -0.4 is 0 Å². The molecule has 0 amide bonds. The Labute approximate surface area is 73.0 Å². The molecular formula is C10H14O2. The largest absolute Gasteiger partial charge is 0.392 e. The predicted octanol–water partition coefficient (Wildman–Crippen LogP) is 1.13. The summed E-state index contributed by atoms with van der Waals surface area (Å²) in [6.07, 6.45) is 7.02. The number of carbonyl (C=O) groups is 1. The minimum atomic E-state index is -0.674.